The maximum absolute atomic E-state index is 12.2. The zero-order chi connectivity index (χ0) is 15.4. The molecular weight excluding hydrogens is 298 g/mol. The summed E-state index contributed by atoms with van der Waals surface area (Å²) < 4.78 is 0. The quantitative estimate of drug-likeness (QED) is 0.902. The molecule has 1 N–H and O–H groups in total. The van der Waals surface area contributed by atoms with Crippen molar-refractivity contribution in [3.05, 3.63) is 16.6 Å². The molecule has 2 fully saturated rings. The highest BCUT2D eigenvalue weighted by Crippen LogP contribution is 2.28. The predicted octanol–water partition coefficient (Wildman–Crippen LogP) is 1.98. The third kappa shape index (κ3) is 3.66. The summed E-state index contributed by atoms with van der Waals surface area (Å²) in [5, 5.41) is 4.95. The molecular formula is C16H23N3O2S. The summed E-state index contributed by atoms with van der Waals surface area (Å²) in [5.74, 6) is -0.00157. The molecule has 0 spiro atoms. The standard InChI is InChI=1S/C16H23N3O2S/c20-15-8-12(9-19(15)14-4-2-1-3-5-14)16(21)17-7-6-13-10-22-11-18-13/h10-12,14H,1-9H2,(H,17,21). The third-order valence-electron chi connectivity index (χ3n) is 4.71. The molecule has 2 aliphatic rings. The highest BCUT2D eigenvalue weighted by atomic mass is 32.1. The average molecular weight is 321 g/mol. The molecule has 0 bridgehead atoms. The van der Waals surface area contributed by atoms with Crippen LogP contribution in [0.1, 0.15) is 44.2 Å². The molecule has 2 amide bonds. The monoisotopic (exact) mass is 321 g/mol. The van der Waals surface area contributed by atoms with E-state index >= 15 is 0 Å². The second kappa shape index (κ2) is 7.22. The van der Waals surface area contributed by atoms with E-state index in [0.717, 1.165) is 25.0 Å². The van der Waals surface area contributed by atoms with E-state index in [1.165, 1.54) is 19.3 Å². The van der Waals surface area contributed by atoms with Gasteiger partial charge in [-0.05, 0) is 12.8 Å². The van der Waals surface area contributed by atoms with Gasteiger partial charge in [0.2, 0.25) is 11.8 Å². The number of nitrogens with one attached hydrogen (secondary N) is 1. The molecule has 120 valence electrons. The van der Waals surface area contributed by atoms with Gasteiger partial charge >= 0.3 is 0 Å². The molecule has 22 heavy (non-hydrogen) atoms. The van der Waals surface area contributed by atoms with Crippen molar-refractivity contribution >= 4 is 23.2 Å². The van der Waals surface area contributed by atoms with Gasteiger partial charge in [0.05, 0.1) is 17.1 Å². The highest BCUT2D eigenvalue weighted by Gasteiger charge is 2.37. The molecule has 1 aromatic rings. The maximum atomic E-state index is 12.2. The van der Waals surface area contributed by atoms with Gasteiger partial charge in [-0.25, -0.2) is 4.98 Å². The van der Waals surface area contributed by atoms with E-state index in [4.69, 9.17) is 0 Å². The van der Waals surface area contributed by atoms with Crippen molar-refractivity contribution in [2.75, 3.05) is 13.1 Å². The van der Waals surface area contributed by atoms with E-state index in [1.54, 1.807) is 16.8 Å². The molecule has 0 aromatic carbocycles. The summed E-state index contributed by atoms with van der Waals surface area (Å²) in [4.78, 5) is 30.6. The summed E-state index contributed by atoms with van der Waals surface area (Å²) in [6.07, 6.45) is 7.02. The van der Waals surface area contributed by atoms with Gasteiger partial charge in [-0.3, -0.25) is 9.59 Å². The molecule has 5 nitrogen and oxygen atoms in total. The molecule has 1 atom stereocenters. The number of nitrogens with zero attached hydrogens (tertiary/aromatic N) is 2. The zero-order valence-electron chi connectivity index (χ0n) is 12.8. The summed E-state index contributed by atoms with van der Waals surface area (Å²) in [7, 11) is 0. The van der Waals surface area contributed by atoms with Crippen LogP contribution >= 0.6 is 11.3 Å². The Morgan fingerprint density at radius 2 is 2.18 bits per heavy atom. The van der Waals surface area contributed by atoms with E-state index in [0.29, 0.717) is 25.6 Å². The second-order valence-corrected chi connectivity index (χ2v) is 6.98. The van der Waals surface area contributed by atoms with Crippen LogP contribution in [0.25, 0.3) is 0 Å². The maximum Gasteiger partial charge on any atom is 0.225 e. The van der Waals surface area contributed by atoms with Crippen LogP contribution in [0.4, 0.5) is 0 Å². The first-order chi connectivity index (χ1) is 10.7. The zero-order valence-corrected chi connectivity index (χ0v) is 13.6. The van der Waals surface area contributed by atoms with Gasteiger partial charge in [0, 0.05) is 37.4 Å². The Balaban J connectivity index is 1.46. The summed E-state index contributed by atoms with van der Waals surface area (Å²) in [6.45, 7) is 1.20. The molecule has 3 rings (SSSR count). The van der Waals surface area contributed by atoms with Crippen LogP contribution in [0.5, 0.6) is 0 Å². The van der Waals surface area contributed by atoms with Gasteiger partial charge in [0.1, 0.15) is 0 Å². The van der Waals surface area contributed by atoms with Crippen molar-refractivity contribution in [2.24, 2.45) is 5.92 Å². The van der Waals surface area contributed by atoms with Crippen LogP contribution in [-0.4, -0.2) is 40.8 Å². The van der Waals surface area contributed by atoms with Crippen LogP contribution in [-0.2, 0) is 16.0 Å². The molecule has 1 aliphatic carbocycles. The minimum Gasteiger partial charge on any atom is -0.355 e. The van der Waals surface area contributed by atoms with Gasteiger partial charge in [-0.2, -0.15) is 0 Å². The molecule has 1 aromatic heterocycles. The SMILES string of the molecule is O=C(NCCc1cscn1)C1CC(=O)N(C2CCCCC2)C1. The van der Waals surface area contributed by atoms with Crippen molar-refractivity contribution in [1.29, 1.82) is 0 Å². The van der Waals surface area contributed by atoms with Crippen molar-refractivity contribution < 1.29 is 9.59 Å². The van der Waals surface area contributed by atoms with Gasteiger partial charge < -0.3 is 10.2 Å². The van der Waals surface area contributed by atoms with E-state index in [-0.39, 0.29) is 17.7 Å². The van der Waals surface area contributed by atoms with E-state index < -0.39 is 0 Å². The molecule has 6 heteroatoms. The number of thiazole rings is 1. The molecule has 1 saturated carbocycles. The molecule has 0 radical (unpaired) electrons. The van der Waals surface area contributed by atoms with Crippen LogP contribution in [0.3, 0.4) is 0 Å². The van der Waals surface area contributed by atoms with Crippen LogP contribution < -0.4 is 5.32 Å². The number of hydrogen-bond donors (Lipinski definition) is 1. The molecule has 1 aliphatic heterocycles. The second-order valence-electron chi connectivity index (χ2n) is 6.26. The number of carbonyl (C=O) groups excluding carboxylic acids is 2. The van der Waals surface area contributed by atoms with Crippen LogP contribution in [0.15, 0.2) is 10.9 Å². The minimum absolute atomic E-state index is 0.0156. The normalized spacial score (nSPS) is 23.0. The number of carbonyl (C=O) groups is 2. The Labute approximate surface area is 135 Å². The van der Waals surface area contributed by atoms with Crippen LogP contribution in [0.2, 0.25) is 0 Å². The Morgan fingerprint density at radius 3 is 2.91 bits per heavy atom. The number of aromatic nitrogens is 1. The lowest BCUT2D eigenvalue weighted by Gasteiger charge is -2.31. The van der Waals surface area contributed by atoms with Crippen molar-refractivity contribution in [3.8, 4) is 0 Å². The van der Waals surface area contributed by atoms with Gasteiger partial charge in [0.25, 0.3) is 0 Å². The topological polar surface area (TPSA) is 62.3 Å². The summed E-state index contributed by atoms with van der Waals surface area (Å²) in [6, 6.07) is 0.369. The number of hydrogen-bond acceptors (Lipinski definition) is 4. The van der Waals surface area contributed by atoms with Crippen molar-refractivity contribution in [1.82, 2.24) is 15.2 Å². The van der Waals surface area contributed by atoms with E-state index in [9.17, 15) is 9.59 Å². The Morgan fingerprint density at radius 1 is 1.36 bits per heavy atom. The Kier molecular flexibility index (Phi) is 5.08. The largest absolute Gasteiger partial charge is 0.355 e. The van der Waals surface area contributed by atoms with Crippen LogP contribution in [0, 0.1) is 5.92 Å². The average Bonchev–Trinajstić information content (AvgIpc) is 3.17. The third-order valence-corrected chi connectivity index (χ3v) is 5.34. The van der Waals surface area contributed by atoms with Crippen molar-refractivity contribution in [3.63, 3.8) is 0 Å². The van der Waals surface area contributed by atoms with E-state index in [1.807, 2.05) is 10.3 Å². The molecule has 2 heterocycles. The van der Waals surface area contributed by atoms with Crippen molar-refractivity contribution in [2.45, 2.75) is 51.0 Å². The Hall–Kier alpha value is -1.43. The Bertz CT molecular complexity index is 511. The lowest BCUT2D eigenvalue weighted by Crippen LogP contribution is -2.39. The number of rotatable bonds is 5. The smallest absolute Gasteiger partial charge is 0.225 e. The van der Waals surface area contributed by atoms with E-state index in [2.05, 4.69) is 10.3 Å². The first-order valence-electron chi connectivity index (χ1n) is 8.18. The fraction of sp³-hybridized carbons (Fsp3) is 0.688. The summed E-state index contributed by atoms with van der Waals surface area (Å²) in [5.41, 5.74) is 2.81. The molecule has 1 saturated heterocycles. The molecule has 1 unspecified atom stereocenters. The lowest BCUT2D eigenvalue weighted by atomic mass is 9.94. The van der Waals surface area contributed by atoms with Gasteiger partial charge in [0.15, 0.2) is 0 Å². The number of amides is 2. The number of likely N-dealkylation sites (tertiary alicyclic amines) is 1. The highest BCUT2D eigenvalue weighted by molar-refractivity contribution is 7.07. The minimum atomic E-state index is -0.176. The van der Waals surface area contributed by atoms with Gasteiger partial charge in [-0.15, -0.1) is 11.3 Å². The van der Waals surface area contributed by atoms with Gasteiger partial charge in [-0.1, -0.05) is 19.3 Å². The first kappa shape index (κ1) is 15.5. The lowest BCUT2D eigenvalue weighted by molar-refractivity contribution is -0.130. The first-order valence-corrected chi connectivity index (χ1v) is 9.12. The fourth-order valence-electron chi connectivity index (χ4n) is 3.47. The summed E-state index contributed by atoms with van der Waals surface area (Å²) >= 11 is 1.56. The predicted molar refractivity (Wildman–Crippen MR) is 85.5 cm³/mol. The fourth-order valence-corrected chi connectivity index (χ4v) is 4.06.